The fourth-order valence-electron chi connectivity index (χ4n) is 3.31. The van der Waals surface area contributed by atoms with Crippen molar-refractivity contribution < 1.29 is 0 Å². The van der Waals surface area contributed by atoms with E-state index in [0.717, 1.165) is 22.5 Å². The molecule has 0 saturated carbocycles. The Morgan fingerprint density at radius 1 is 0.769 bits per heavy atom. The predicted molar refractivity (Wildman–Crippen MR) is 104 cm³/mol. The largest absolute Gasteiger partial charge is 0.368 e. The average molecular weight is 337 g/mol. The van der Waals surface area contributed by atoms with E-state index in [1.54, 1.807) is 6.20 Å². The van der Waals surface area contributed by atoms with Gasteiger partial charge in [0.05, 0.1) is 6.20 Å². The van der Waals surface area contributed by atoms with Crippen molar-refractivity contribution in [1.29, 1.82) is 0 Å². The molecule has 5 aromatic rings. The molecule has 5 rings (SSSR count). The molecule has 2 aromatic heterocycles. The molecule has 0 fully saturated rings. The third-order valence-corrected chi connectivity index (χ3v) is 4.46. The first kappa shape index (κ1) is 14.6. The second-order valence-corrected chi connectivity index (χ2v) is 6.07. The molecule has 0 aliphatic carbocycles. The lowest BCUT2D eigenvalue weighted by Crippen LogP contribution is -2.01. The molecule has 0 radical (unpaired) electrons. The lowest BCUT2D eigenvalue weighted by molar-refractivity contribution is 1.07. The highest BCUT2D eigenvalue weighted by Gasteiger charge is 2.17. The molecule has 2 heterocycles. The van der Waals surface area contributed by atoms with Gasteiger partial charge in [0.2, 0.25) is 5.95 Å². The SMILES string of the molecule is Nc1ncc2nc(-c3cccc4ccccc34)n(-c3ccccc3)c2n1. The van der Waals surface area contributed by atoms with Gasteiger partial charge in [0.25, 0.3) is 0 Å². The Kier molecular flexibility index (Phi) is 3.18. The molecule has 0 atom stereocenters. The van der Waals surface area contributed by atoms with Crippen LogP contribution in [0.1, 0.15) is 0 Å². The molecule has 124 valence electrons. The summed E-state index contributed by atoms with van der Waals surface area (Å²) in [5.74, 6) is 1.06. The molecule has 0 aliphatic rings. The van der Waals surface area contributed by atoms with E-state index < -0.39 is 0 Å². The number of nitrogens with zero attached hydrogens (tertiary/aromatic N) is 4. The maximum absolute atomic E-state index is 5.85. The Hall–Kier alpha value is -3.73. The van der Waals surface area contributed by atoms with Gasteiger partial charge in [0.1, 0.15) is 11.3 Å². The number of rotatable bonds is 2. The van der Waals surface area contributed by atoms with E-state index in [1.165, 1.54) is 5.39 Å². The number of benzene rings is 3. The summed E-state index contributed by atoms with van der Waals surface area (Å²) >= 11 is 0. The van der Waals surface area contributed by atoms with Crippen molar-refractivity contribution >= 4 is 27.9 Å². The third-order valence-electron chi connectivity index (χ3n) is 4.46. The molecule has 0 bridgehead atoms. The maximum Gasteiger partial charge on any atom is 0.222 e. The highest BCUT2D eigenvalue weighted by atomic mass is 15.2. The lowest BCUT2D eigenvalue weighted by atomic mass is 10.0. The van der Waals surface area contributed by atoms with Gasteiger partial charge >= 0.3 is 0 Å². The van der Waals surface area contributed by atoms with Crippen LogP contribution in [0.15, 0.2) is 79.0 Å². The van der Waals surface area contributed by atoms with E-state index in [2.05, 4.69) is 34.2 Å². The fraction of sp³-hybridized carbons (Fsp3) is 0. The van der Waals surface area contributed by atoms with Crippen LogP contribution in [0.5, 0.6) is 0 Å². The second-order valence-electron chi connectivity index (χ2n) is 6.07. The summed E-state index contributed by atoms with van der Waals surface area (Å²) in [6.45, 7) is 0. The first-order valence-electron chi connectivity index (χ1n) is 8.36. The number of nitrogen functional groups attached to an aromatic ring is 1. The highest BCUT2D eigenvalue weighted by molar-refractivity contribution is 5.97. The van der Waals surface area contributed by atoms with Crippen molar-refractivity contribution in [2.75, 3.05) is 5.73 Å². The Morgan fingerprint density at radius 3 is 2.42 bits per heavy atom. The highest BCUT2D eigenvalue weighted by Crippen LogP contribution is 2.32. The van der Waals surface area contributed by atoms with Crippen molar-refractivity contribution in [1.82, 2.24) is 19.5 Å². The molecule has 26 heavy (non-hydrogen) atoms. The molecular formula is C21H15N5. The van der Waals surface area contributed by atoms with Crippen LogP contribution in [0.2, 0.25) is 0 Å². The monoisotopic (exact) mass is 337 g/mol. The predicted octanol–water partition coefficient (Wildman–Crippen LogP) is 4.22. The van der Waals surface area contributed by atoms with Gasteiger partial charge in [0, 0.05) is 11.3 Å². The maximum atomic E-state index is 5.85. The first-order valence-corrected chi connectivity index (χ1v) is 8.36. The van der Waals surface area contributed by atoms with Crippen molar-refractivity contribution in [2.24, 2.45) is 0 Å². The Morgan fingerprint density at radius 2 is 1.54 bits per heavy atom. The zero-order valence-corrected chi connectivity index (χ0v) is 13.9. The van der Waals surface area contributed by atoms with Crippen LogP contribution >= 0.6 is 0 Å². The van der Waals surface area contributed by atoms with E-state index in [-0.39, 0.29) is 5.95 Å². The average Bonchev–Trinajstić information content (AvgIpc) is 3.06. The van der Waals surface area contributed by atoms with Gasteiger partial charge < -0.3 is 5.73 Å². The van der Waals surface area contributed by atoms with Gasteiger partial charge in [-0.05, 0) is 22.9 Å². The normalized spacial score (nSPS) is 11.2. The van der Waals surface area contributed by atoms with Gasteiger partial charge in [-0.2, -0.15) is 4.98 Å². The van der Waals surface area contributed by atoms with Gasteiger partial charge in [-0.3, -0.25) is 4.57 Å². The third kappa shape index (κ3) is 2.22. The minimum absolute atomic E-state index is 0.235. The number of hydrogen-bond donors (Lipinski definition) is 1. The smallest absolute Gasteiger partial charge is 0.222 e. The lowest BCUT2D eigenvalue weighted by Gasteiger charge is -2.11. The van der Waals surface area contributed by atoms with Crippen LogP contribution in [0.25, 0.3) is 39.0 Å². The van der Waals surface area contributed by atoms with Crippen molar-refractivity contribution in [3.8, 4) is 17.1 Å². The van der Waals surface area contributed by atoms with Crippen LogP contribution in [0.4, 0.5) is 5.95 Å². The van der Waals surface area contributed by atoms with E-state index in [4.69, 9.17) is 10.7 Å². The van der Waals surface area contributed by atoms with Gasteiger partial charge in [-0.25, -0.2) is 9.97 Å². The van der Waals surface area contributed by atoms with Crippen molar-refractivity contribution in [3.63, 3.8) is 0 Å². The number of hydrogen-bond acceptors (Lipinski definition) is 4. The zero-order chi connectivity index (χ0) is 17.5. The van der Waals surface area contributed by atoms with Crippen molar-refractivity contribution in [3.05, 3.63) is 79.0 Å². The molecule has 5 nitrogen and oxygen atoms in total. The Labute approximate surface area is 149 Å². The topological polar surface area (TPSA) is 69.6 Å². The van der Waals surface area contributed by atoms with Crippen molar-refractivity contribution in [2.45, 2.75) is 0 Å². The standard InChI is InChI=1S/C21H15N5/c22-21-23-13-18-20(25-21)26(15-9-2-1-3-10-15)19(24-18)17-12-6-8-14-7-4-5-11-16(14)17/h1-13H,(H2,22,23,25). The molecule has 0 spiro atoms. The molecule has 0 saturated heterocycles. The molecule has 2 N–H and O–H groups in total. The Bertz CT molecular complexity index is 1240. The number of nitrogens with two attached hydrogens (primary N) is 1. The minimum atomic E-state index is 0.235. The summed E-state index contributed by atoms with van der Waals surface area (Å²) in [5, 5.41) is 2.31. The summed E-state index contributed by atoms with van der Waals surface area (Å²) in [5.41, 5.74) is 9.29. The molecule has 5 heteroatoms. The van der Waals surface area contributed by atoms with Crippen LogP contribution < -0.4 is 5.73 Å². The van der Waals surface area contributed by atoms with E-state index in [1.807, 2.05) is 53.1 Å². The van der Waals surface area contributed by atoms with Gasteiger partial charge in [0.15, 0.2) is 5.65 Å². The van der Waals surface area contributed by atoms with Crippen LogP contribution in [-0.2, 0) is 0 Å². The molecule has 3 aromatic carbocycles. The zero-order valence-electron chi connectivity index (χ0n) is 13.9. The van der Waals surface area contributed by atoms with Crippen LogP contribution in [0.3, 0.4) is 0 Å². The molecular weight excluding hydrogens is 322 g/mol. The quantitative estimate of drug-likeness (QED) is 0.524. The van der Waals surface area contributed by atoms with E-state index in [9.17, 15) is 0 Å². The summed E-state index contributed by atoms with van der Waals surface area (Å²) in [7, 11) is 0. The molecule has 0 aliphatic heterocycles. The number of imidazole rings is 1. The summed E-state index contributed by atoms with van der Waals surface area (Å²) < 4.78 is 2.04. The molecule has 0 amide bonds. The number of aromatic nitrogens is 4. The number of anilines is 1. The number of para-hydroxylation sites is 1. The first-order chi connectivity index (χ1) is 12.8. The number of fused-ring (bicyclic) bond motifs is 2. The summed E-state index contributed by atoms with van der Waals surface area (Å²) in [6, 6.07) is 24.6. The fourth-order valence-corrected chi connectivity index (χ4v) is 3.31. The van der Waals surface area contributed by atoms with Crippen LogP contribution in [0, 0.1) is 0 Å². The second kappa shape index (κ2) is 5.67. The Balaban J connectivity index is 1.91. The van der Waals surface area contributed by atoms with Gasteiger partial charge in [-0.15, -0.1) is 0 Å². The summed E-state index contributed by atoms with van der Waals surface area (Å²) in [6.07, 6.45) is 1.67. The minimum Gasteiger partial charge on any atom is -0.368 e. The van der Waals surface area contributed by atoms with E-state index >= 15 is 0 Å². The molecule has 0 unspecified atom stereocenters. The summed E-state index contributed by atoms with van der Waals surface area (Å²) in [4.78, 5) is 13.4. The van der Waals surface area contributed by atoms with E-state index in [0.29, 0.717) is 11.2 Å². The van der Waals surface area contributed by atoms with Crippen LogP contribution in [-0.4, -0.2) is 19.5 Å². The van der Waals surface area contributed by atoms with Gasteiger partial charge in [-0.1, -0.05) is 60.7 Å².